The average Bonchev–Trinajstić information content (AvgIpc) is 2.97. The number of hydrogen-bond donors (Lipinski definition) is 1. The number of hydrogen-bond acceptors (Lipinski definition) is 3. The zero-order valence-electron chi connectivity index (χ0n) is 12.9. The summed E-state index contributed by atoms with van der Waals surface area (Å²) in [5.41, 5.74) is 3.63. The Morgan fingerprint density at radius 1 is 1.00 bits per heavy atom. The fourth-order valence-electron chi connectivity index (χ4n) is 3.20. The first-order valence-electron chi connectivity index (χ1n) is 7.92. The zero-order chi connectivity index (χ0) is 15.6. The van der Waals surface area contributed by atoms with E-state index >= 15 is 0 Å². The van der Waals surface area contributed by atoms with Gasteiger partial charge in [0, 0.05) is 67.0 Å². The highest BCUT2D eigenvalue weighted by Gasteiger charge is 2.17. The smallest absolute Gasteiger partial charge is 0.0471 e. The zero-order valence-corrected chi connectivity index (χ0v) is 13.6. The van der Waals surface area contributed by atoms with E-state index in [1.807, 2.05) is 24.5 Å². The van der Waals surface area contributed by atoms with Gasteiger partial charge in [-0.15, -0.1) is 0 Å². The molecule has 0 bridgehead atoms. The maximum atomic E-state index is 6.05. The Labute approximate surface area is 140 Å². The van der Waals surface area contributed by atoms with Gasteiger partial charge in [0.05, 0.1) is 0 Å². The SMILES string of the molecule is Clc1ccc2cc(CN3CCN(c4ccncc4)CC3)[nH]c2c1. The highest BCUT2D eigenvalue weighted by atomic mass is 35.5. The Bertz CT molecular complexity index is 791. The van der Waals surface area contributed by atoms with E-state index in [-0.39, 0.29) is 0 Å². The molecule has 1 aromatic carbocycles. The van der Waals surface area contributed by atoms with Gasteiger partial charge in [0.1, 0.15) is 0 Å². The van der Waals surface area contributed by atoms with Crippen LogP contribution in [0.2, 0.25) is 5.02 Å². The molecule has 1 fully saturated rings. The number of aromatic amines is 1. The Kier molecular flexibility index (Phi) is 3.93. The number of aromatic nitrogens is 2. The summed E-state index contributed by atoms with van der Waals surface area (Å²) in [4.78, 5) is 12.5. The number of rotatable bonds is 3. The van der Waals surface area contributed by atoms with Crippen molar-refractivity contribution in [2.24, 2.45) is 0 Å². The van der Waals surface area contributed by atoms with Crippen LogP contribution in [0.3, 0.4) is 0 Å². The van der Waals surface area contributed by atoms with Crippen molar-refractivity contribution in [3.05, 3.63) is 59.5 Å². The van der Waals surface area contributed by atoms with Gasteiger partial charge in [0.15, 0.2) is 0 Å². The van der Waals surface area contributed by atoms with E-state index < -0.39 is 0 Å². The van der Waals surface area contributed by atoms with Gasteiger partial charge in [0.2, 0.25) is 0 Å². The van der Waals surface area contributed by atoms with Crippen LogP contribution in [0.25, 0.3) is 10.9 Å². The van der Waals surface area contributed by atoms with Crippen LogP contribution in [-0.2, 0) is 6.54 Å². The van der Waals surface area contributed by atoms with Crippen molar-refractivity contribution in [3.8, 4) is 0 Å². The van der Waals surface area contributed by atoms with Crippen LogP contribution in [0.1, 0.15) is 5.69 Å². The summed E-state index contributed by atoms with van der Waals surface area (Å²) in [5.74, 6) is 0. The monoisotopic (exact) mass is 326 g/mol. The summed E-state index contributed by atoms with van der Waals surface area (Å²) >= 11 is 6.05. The van der Waals surface area contributed by atoms with Gasteiger partial charge in [-0.1, -0.05) is 17.7 Å². The van der Waals surface area contributed by atoms with E-state index in [1.54, 1.807) is 0 Å². The van der Waals surface area contributed by atoms with E-state index in [1.165, 1.54) is 16.8 Å². The Hall–Kier alpha value is -2.04. The van der Waals surface area contributed by atoms with Crippen LogP contribution in [0.5, 0.6) is 0 Å². The third kappa shape index (κ3) is 3.19. The second kappa shape index (κ2) is 6.22. The highest BCUT2D eigenvalue weighted by Crippen LogP contribution is 2.21. The molecule has 118 valence electrons. The summed E-state index contributed by atoms with van der Waals surface area (Å²) in [6.45, 7) is 5.19. The first-order chi connectivity index (χ1) is 11.3. The van der Waals surface area contributed by atoms with Crippen LogP contribution in [0.4, 0.5) is 5.69 Å². The fraction of sp³-hybridized carbons (Fsp3) is 0.278. The van der Waals surface area contributed by atoms with Crippen molar-refractivity contribution in [1.29, 1.82) is 0 Å². The molecule has 0 aliphatic carbocycles. The van der Waals surface area contributed by atoms with Gasteiger partial charge in [-0.25, -0.2) is 0 Å². The van der Waals surface area contributed by atoms with Crippen LogP contribution in [0, 0.1) is 0 Å². The van der Waals surface area contributed by atoms with Crippen LogP contribution in [0.15, 0.2) is 48.8 Å². The second-order valence-electron chi connectivity index (χ2n) is 5.99. The molecule has 23 heavy (non-hydrogen) atoms. The average molecular weight is 327 g/mol. The van der Waals surface area contributed by atoms with E-state index in [0.29, 0.717) is 0 Å². The lowest BCUT2D eigenvalue weighted by molar-refractivity contribution is 0.247. The first-order valence-corrected chi connectivity index (χ1v) is 8.30. The Morgan fingerprint density at radius 2 is 1.78 bits per heavy atom. The third-order valence-electron chi connectivity index (χ3n) is 4.43. The predicted octanol–water partition coefficient (Wildman–Crippen LogP) is 3.54. The second-order valence-corrected chi connectivity index (χ2v) is 6.43. The molecule has 4 nitrogen and oxygen atoms in total. The largest absolute Gasteiger partial charge is 0.369 e. The van der Waals surface area contributed by atoms with Crippen molar-refractivity contribution >= 4 is 28.2 Å². The fourth-order valence-corrected chi connectivity index (χ4v) is 3.38. The standard InChI is InChI=1S/C18H19ClN4/c19-15-2-1-14-11-16(21-18(14)12-15)13-22-7-9-23(10-8-22)17-3-5-20-6-4-17/h1-6,11-12,21H,7-10,13H2. The lowest BCUT2D eigenvalue weighted by atomic mass is 10.2. The van der Waals surface area contributed by atoms with Crippen molar-refractivity contribution < 1.29 is 0 Å². The molecule has 0 spiro atoms. The highest BCUT2D eigenvalue weighted by molar-refractivity contribution is 6.31. The molecule has 2 aromatic heterocycles. The molecule has 0 saturated carbocycles. The van der Waals surface area contributed by atoms with E-state index in [4.69, 9.17) is 11.6 Å². The van der Waals surface area contributed by atoms with Crippen molar-refractivity contribution in [2.75, 3.05) is 31.1 Å². The van der Waals surface area contributed by atoms with E-state index in [9.17, 15) is 0 Å². The number of benzene rings is 1. The molecular formula is C18H19ClN4. The summed E-state index contributed by atoms with van der Waals surface area (Å²) in [5, 5.41) is 2.00. The van der Waals surface area contributed by atoms with Gasteiger partial charge in [0.25, 0.3) is 0 Å². The number of piperazine rings is 1. The Morgan fingerprint density at radius 3 is 2.57 bits per heavy atom. The van der Waals surface area contributed by atoms with Gasteiger partial charge >= 0.3 is 0 Å². The number of nitrogens with zero attached hydrogens (tertiary/aromatic N) is 3. The molecule has 4 rings (SSSR count). The number of H-pyrrole nitrogens is 1. The normalized spacial score (nSPS) is 16.1. The number of nitrogens with one attached hydrogen (secondary N) is 1. The maximum Gasteiger partial charge on any atom is 0.0471 e. The topological polar surface area (TPSA) is 35.2 Å². The van der Waals surface area contributed by atoms with Gasteiger partial charge in [-0.2, -0.15) is 0 Å². The molecule has 3 aromatic rings. The minimum atomic E-state index is 0.775. The van der Waals surface area contributed by atoms with Crippen molar-refractivity contribution in [1.82, 2.24) is 14.9 Å². The molecule has 0 atom stereocenters. The number of anilines is 1. The quantitative estimate of drug-likeness (QED) is 0.799. The first kappa shape index (κ1) is 14.5. The molecule has 1 aliphatic heterocycles. The van der Waals surface area contributed by atoms with Gasteiger partial charge < -0.3 is 9.88 Å². The summed E-state index contributed by atoms with van der Waals surface area (Å²) in [6, 6.07) is 12.4. The van der Waals surface area contributed by atoms with Crippen LogP contribution < -0.4 is 4.90 Å². The summed E-state index contributed by atoms with van der Waals surface area (Å²) in [7, 11) is 0. The van der Waals surface area contributed by atoms with Crippen LogP contribution >= 0.6 is 11.6 Å². The molecule has 0 radical (unpaired) electrons. The van der Waals surface area contributed by atoms with Crippen molar-refractivity contribution in [3.63, 3.8) is 0 Å². The maximum absolute atomic E-state index is 6.05. The minimum absolute atomic E-state index is 0.775. The van der Waals surface area contributed by atoms with E-state index in [0.717, 1.165) is 43.3 Å². The molecule has 0 amide bonds. The number of pyridine rings is 1. The lowest BCUT2D eigenvalue weighted by Crippen LogP contribution is -2.46. The predicted molar refractivity (Wildman–Crippen MR) is 95.0 cm³/mol. The number of fused-ring (bicyclic) bond motifs is 1. The molecular weight excluding hydrogens is 308 g/mol. The molecule has 5 heteroatoms. The van der Waals surface area contributed by atoms with E-state index in [2.05, 4.69) is 44.0 Å². The minimum Gasteiger partial charge on any atom is -0.369 e. The Balaban J connectivity index is 1.40. The van der Waals surface area contributed by atoms with Gasteiger partial charge in [-0.05, 0) is 35.7 Å². The molecule has 0 unspecified atom stereocenters. The molecule has 1 N–H and O–H groups in total. The molecule has 1 aliphatic rings. The number of halogens is 1. The van der Waals surface area contributed by atoms with Gasteiger partial charge in [-0.3, -0.25) is 9.88 Å². The summed E-state index contributed by atoms with van der Waals surface area (Å²) < 4.78 is 0. The third-order valence-corrected chi connectivity index (χ3v) is 4.67. The summed E-state index contributed by atoms with van der Waals surface area (Å²) in [6.07, 6.45) is 3.72. The molecule has 1 saturated heterocycles. The van der Waals surface area contributed by atoms with Crippen molar-refractivity contribution in [2.45, 2.75) is 6.54 Å². The molecule has 3 heterocycles. The van der Waals surface area contributed by atoms with Crippen LogP contribution in [-0.4, -0.2) is 41.0 Å². The lowest BCUT2D eigenvalue weighted by Gasteiger charge is -2.35.